The number of rotatable bonds is 6. The molecule has 7 heteroatoms. The predicted octanol–water partition coefficient (Wildman–Crippen LogP) is 1.87. The Morgan fingerprint density at radius 3 is 2.71 bits per heavy atom. The lowest BCUT2D eigenvalue weighted by Gasteiger charge is -2.07. The van der Waals surface area contributed by atoms with E-state index >= 15 is 0 Å². The quantitative estimate of drug-likeness (QED) is 0.476. The number of nitrogens with zero attached hydrogens (tertiary/aromatic N) is 2. The second kappa shape index (κ2) is 6.56. The third-order valence-electron chi connectivity index (χ3n) is 2.86. The van der Waals surface area contributed by atoms with Crippen LogP contribution in [-0.4, -0.2) is 17.6 Å². The number of ether oxygens (including phenoxy) is 1. The van der Waals surface area contributed by atoms with Crippen LogP contribution in [0.15, 0.2) is 39.8 Å². The standard InChI is InChI=1S/C14H16N4O3/c1-2-12(20-8-19)11-7-13(21-18-11)9-3-5-10(6-4-9)17-14(15)16/h3-8,12H,2H2,1H3,(H4,15,16,17). The first-order valence-electron chi connectivity index (χ1n) is 6.39. The second-order valence-electron chi connectivity index (χ2n) is 4.33. The van der Waals surface area contributed by atoms with Crippen molar-refractivity contribution in [1.29, 1.82) is 0 Å². The van der Waals surface area contributed by atoms with Crippen LogP contribution in [0.2, 0.25) is 0 Å². The molecule has 7 nitrogen and oxygen atoms in total. The van der Waals surface area contributed by atoms with Gasteiger partial charge in [-0.25, -0.2) is 4.99 Å². The van der Waals surface area contributed by atoms with Gasteiger partial charge in [0.25, 0.3) is 6.47 Å². The lowest BCUT2D eigenvalue weighted by molar-refractivity contribution is -0.134. The molecule has 0 aliphatic carbocycles. The molecule has 0 saturated heterocycles. The Bertz CT molecular complexity index is 630. The highest BCUT2D eigenvalue weighted by Crippen LogP contribution is 2.27. The van der Waals surface area contributed by atoms with Crippen LogP contribution in [0.5, 0.6) is 0 Å². The van der Waals surface area contributed by atoms with E-state index in [0.717, 1.165) is 5.56 Å². The molecule has 1 atom stereocenters. The minimum Gasteiger partial charge on any atom is -0.458 e. The molecule has 0 spiro atoms. The van der Waals surface area contributed by atoms with Crippen molar-refractivity contribution in [2.75, 3.05) is 0 Å². The topological polar surface area (TPSA) is 117 Å². The van der Waals surface area contributed by atoms with Crippen LogP contribution < -0.4 is 11.5 Å². The largest absolute Gasteiger partial charge is 0.458 e. The Hall–Kier alpha value is -2.83. The van der Waals surface area contributed by atoms with Crippen molar-refractivity contribution in [3.05, 3.63) is 36.0 Å². The zero-order chi connectivity index (χ0) is 15.2. The summed E-state index contributed by atoms with van der Waals surface area (Å²) in [4.78, 5) is 14.4. The minimum absolute atomic E-state index is 0.00139. The summed E-state index contributed by atoms with van der Waals surface area (Å²) < 4.78 is 10.2. The van der Waals surface area contributed by atoms with E-state index in [2.05, 4.69) is 10.1 Å². The smallest absolute Gasteiger partial charge is 0.293 e. The summed E-state index contributed by atoms with van der Waals surface area (Å²) in [7, 11) is 0. The first-order chi connectivity index (χ1) is 10.1. The molecule has 1 aromatic carbocycles. The SMILES string of the molecule is CCC(OC=O)c1cc(-c2ccc(N=C(N)N)cc2)on1. The molecule has 1 aromatic heterocycles. The van der Waals surface area contributed by atoms with Gasteiger partial charge in [0.1, 0.15) is 11.8 Å². The number of hydrogen-bond donors (Lipinski definition) is 2. The van der Waals surface area contributed by atoms with Gasteiger partial charge in [0.15, 0.2) is 11.7 Å². The third-order valence-corrected chi connectivity index (χ3v) is 2.86. The normalized spacial score (nSPS) is 11.7. The summed E-state index contributed by atoms with van der Waals surface area (Å²) in [6, 6.07) is 8.89. The molecule has 1 heterocycles. The van der Waals surface area contributed by atoms with Crippen molar-refractivity contribution in [2.45, 2.75) is 19.4 Å². The molecular weight excluding hydrogens is 272 g/mol. The van der Waals surface area contributed by atoms with Gasteiger partial charge in [-0.15, -0.1) is 0 Å². The molecule has 0 amide bonds. The lowest BCUT2D eigenvalue weighted by atomic mass is 10.1. The summed E-state index contributed by atoms with van der Waals surface area (Å²) in [5.74, 6) is 0.579. The van der Waals surface area contributed by atoms with Gasteiger partial charge in [-0.3, -0.25) is 4.79 Å². The molecule has 0 saturated carbocycles. The predicted molar refractivity (Wildman–Crippen MR) is 77.6 cm³/mol. The van der Waals surface area contributed by atoms with Crippen LogP contribution in [-0.2, 0) is 9.53 Å². The van der Waals surface area contributed by atoms with E-state index in [-0.39, 0.29) is 5.96 Å². The third kappa shape index (κ3) is 3.59. The van der Waals surface area contributed by atoms with Crippen molar-refractivity contribution in [1.82, 2.24) is 5.16 Å². The number of guanidine groups is 1. The van der Waals surface area contributed by atoms with Crippen LogP contribution in [0, 0.1) is 0 Å². The second-order valence-corrected chi connectivity index (χ2v) is 4.33. The van der Waals surface area contributed by atoms with E-state index in [4.69, 9.17) is 20.7 Å². The maximum absolute atomic E-state index is 10.4. The molecule has 2 rings (SSSR count). The summed E-state index contributed by atoms with van der Waals surface area (Å²) in [6.45, 7) is 2.30. The van der Waals surface area contributed by atoms with Crippen molar-refractivity contribution >= 4 is 18.1 Å². The van der Waals surface area contributed by atoms with E-state index in [9.17, 15) is 4.79 Å². The Morgan fingerprint density at radius 1 is 1.43 bits per heavy atom. The zero-order valence-corrected chi connectivity index (χ0v) is 11.5. The average Bonchev–Trinajstić information content (AvgIpc) is 2.94. The molecule has 110 valence electrons. The first kappa shape index (κ1) is 14.6. The van der Waals surface area contributed by atoms with Crippen LogP contribution in [0.3, 0.4) is 0 Å². The van der Waals surface area contributed by atoms with E-state index < -0.39 is 6.10 Å². The summed E-state index contributed by atoms with van der Waals surface area (Å²) in [6.07, 6.45) is 0.217. The maximum Gasteiger partial charge on any atom is 0.293 e. The summed E-state index contributed by atoms with van der Waals surface area (Å²) >= 11 is 0. The fraction of sp³-hybridized carbons (Fsp3) is 0.214. The van der Waals surface area contributed by atoms with Gasteiger partial charge in [-0.05, 0) is 30.7 Å². The molecule has 0 fully saturated rings. The highest BCUT2D eigenvalue weighted by atomic mass is 16.5. The number of nitrogens with two attached hydrogens (primary N) is 2. The Labute approximate surface area is 121 Å². The van der Waals surface area contributed by atoms with Crippen molar-refractivity contribution in [3.8, 4) is 11.3 Å². The Balaban J connectivity index is 2.21. The number of carbonyl (C=O) groups is 1. The maximum atomic E-state index is 10.4. The molecule has 0 radical (unpaired) electrons. The Morgan fingerprint density at radius 2 is 2.14 bits per heavy atom. The Kier molecular flexibility index (Phi) is 4.55. The highest BCUT2D eigenvalue weighted by molar-refractivity contribution is 5.79. The van der Waals surface area contributed by atoms with Gasteiger partial charge in [0, 0.05) is 11.6 Å². The number of aliphatic imine (C=N–C) groups is 1. The van der Waals surface area contributed by atoms with E-state index in [1.807, 2.05) is 19.1 Å². The molecule has 0 aliphatic heterocycles. The van der Waals surface area contributed by atoms with E-state index in [0.29, 0.717) is 30.0 Å². The minimum atomic E-state index is -0.402. The van der Waals surface area contributed by atoms with E-state index in [1.165, 1.54) is 0 Å². The molecule has 2 aromatic rings. The van der Waals surface area contributed by atoms with Gasteiger partial charge in [0.05, 0.1) is 5.69 Å². The summed E-state index contributed by atoms with van der Waals surface area (Å²) in [5, 5.41) is 3.93. The number of aromatic nitrogens is 1. The average molecular weight is 288 g/mol. The number of carbonyl (C=O) groups excluding carboxylic acids is 1. The lowest BCUT2D eigenvalue weighted by Crippen LogP contribution is -2.21. The fourth-order valence-corrected chi connectivity index (χ4v) is 1.87. The van der Waals surface area contributed by atoms with Gasteiger partial charge in [-0.1, -0.05) is 12.1 Å². The molecule has 0 bridgehead atoms. The van der Waals surface area contributed by atoms with Crippen LogP contribution in [0.25, 0.3) is 11.3 Å². The van der Waals surface area contributed by atoms with Crippen molar-refractivity contribution < 1.29 is 14.1 Å². The van der Waals surface area contributed by atoms with Crippen molar-refractivity contribution in [3.63, 3.8) is 0 Å². The molecular formula is C14H16N4O3. The van der Waals surface area contributed by atoms with Crippen LogP contribution in [0.1, 0.15) is 25.1 Å². The fourth-order valence-electron chi connectivity index (χ4n) is 1.87. The summed E-state index contributed by atoms with van der Waals surface area (Å²) in [5.41, 5.74) is 12.7. The molecule has 21 heavy (non-hydrogen) atoms. The molecule has 0 aliphatic rings. The van der Waals surface area contributed by atoms with Gasteiger partial charge >= 0.3 is 0 Å². The van der Waals surface area contributed by atoms with E-state index in [1.54, 1.807) is 18.2 Å². The van der Waals surface area contributed by atoms with Gasteiger partial charge in [0.2, 0.25) is 0 Å². The van der Waals surface area contributed by atoms with Crippen molar-refractivity contribution in [2.24, 2.45) is 16.5 Å². The number of benzene rings is 1. The molecule has 1 unspecified atom stereocenters. The highest BCUT2D eigenvalue weighted by Gasteiger charge is 2.16. The first-order valence-corrected chi connectivity index (χ1v) is 6.39. The zero-order valence-electron chi connectivity index (χ0n) is 11.5. The van der Waals surface area contributed by atoms with Crippen LogP contribution in [0.4, 0.5) is 5.69 Å². The van der Waals surface area contributed by atoms with Gasteiger partial charge in [-0.2, -0.15) is 0 Å². The van der Waals surface area contributed by atoms with Gasteiger partial charge < -0.3 is 20.7 Å². The molecule has 4 N–H and O–H groups in total. The number of hydrogen-bond acceptors (Lipinski definition) is 5. The van der Waals surface area contributed by atoms with Crippen LogP contribution >= 0.6 is 0 Å². The monoisotopic (exact) mass is 288 g/mol.